The molecule has 0 aliphatic heterocycles. The molecular weight excluding hydrogens is 392 g/mol. The molecule has 32 heavy (non-hydrogen) atoms. The molecule has 0 spiro atoms. The van der Waals surface area contributed by atoms with E-state index in [0.29, 0.717) is 0 Å². The van der Waals surface area contributed by atoms with Gasteiger partial charge in [-0.05, 0) is 61.6 Å². The molecule has 0 aliphatic rings. The molecule has 0 fully saturated rings. The van der Waals surface area contributed by atoms with E-state index in [1.807, 2.05) is 42.9 Å². The van der Waals surface area contributed by atoms with Gasteiger partial charge in [-0.2, -0.15) is 0 Å². The minimum Gasteiger partial charge on any atom is -0.465 e. The SMILES string of the molecule is CCCCCCCCC/C=C\Oc1ccc(-c2ncc(CCCCCCCC)cn2)cc1. The first-order valence-electron chi connectivity index (χ1n) is 13.1. The maximum Gasteiger partial charge on any atom is 0.159 e. The van der Waals surface area contributed by atoms with Crippen molar-refractivity contribution in [2.45, 2.75) is 110 Å². The Hall–Kier alpha value is -2.16. The van der Waals surface area contributed by atoms with E-state index in [1.165, 1.54) is 89.0 Å². The first-order valence-corrected chi connectivity index (χ1v) is 13.1. The van der Waals surface area contributed by atoms with E-state index in [0.717, 1.165) is 30.0 Å². The van der Waals surface area contributed by atoms with Crippen molar-refractivity contribution in [3.8, 4) is 17.1 Å². The van der Waals surface area contributed by atoms with Crippen LogP contribution in [0.4, 0.5) is 0 Å². The summed E-state index contributed by atoms with van der Waals surface area (Å²) in [7, 11) is 0. The Morgan fingerprint density at radius 2 is 1.25 bits per heavy atom. The van der Waals surface area contributed by atoms with E-state index in [9.17, 15) is 0 Å². The molecule has 176 valence electrons. The maximum absolute atomic E-state index is 5.73. The van der Waals surface area contributed by atoms with E-state index in [2.05, 4.69) is 29.9 Å². The fraction of sp³-hybridized carbons (Fsp3) is 0.586. The average Bonchev–Trinajstić information content (AvgIpc) is 2.83. The Balaban J connectivity index is 1.64. The summed E-state index contributed by atoms with van der Waals surface area (Å²) in [6.07, 6.45) is 27.4. The summed E-state index contributed by atoms with van der Waals surface area (Å²) < 4.78 is 5.73. The highest BCUT2D eigenvalue weighted by molar-refractivity contribution is 5.55. The molecule has 1 aromatic heterocycles. The van der Waals surface area contributed by atoms with Crippen LogP contribution in [0.3, 0.4) is 0 Å². The third-order valence-corrected chi connectivity index (χ3v) is 5.91. The lowest BCUT2D eigenvalue weighted by molar-refractivity contribution is 0.477. The maximum atomic E-state index is 5.73. The highest BCUT2D eigenvalue weighted by Crippen LogP contribution is 2.20. The molecule has 0 bridgehead atoms. The lowest BCUT2D eigenvalue weighted by Crippen LogP contribution is -1.93. The number of hydrogen-bond donors (Lipinski definition) is 0. The van der Waals surface area contributed by atoms with Gasteiger partial charge in [0.1, 0.15) is 5.75 Å². The van der Waals surface area contributed by atoms with Gasteiger partial charge in [-0.1, -0.05) is 84.5 Å². The molecule has 0 amide bonds. The van der Waals surface area contributed by atoms with Gasteiger partial charge < -0.3 is 4.74 Å². The van der Waals surface area contributed by atoms with Crippen LogP contribution in [0.1, 0.15) is 109 Å². The molecule has 1 aromatic carbocycles. The molecular formula is C29H44N2O. The van der Waals surface area contributed by atoms with E-state index in [-0.39, 0.29) is 0 Å². The third kappa shape index (κ3) is 11.5. The Kier molecular flexibility index (Phi) is 14.2. The molecule has 0 unspecified atom stereocenters. The molecule has 2 aromatic rings. The zero-order valence-electron chi connectivity index (χ0n) is 20.5. The van der Waals surface area contributed by atoms with Gasteiger partial charge in [0.2, 0.25) is 0 Å². The number of aryl methyl sites for hydroxylation is 1. The molecule has 3 heteroatoms. The standard InChI is InChI=1S/C29H44N2O/c1-3-5-7-9-11-12-13-15-17-23-32-28-21-19-27(20-22-28)29-30-24-26(25-31-29)18-16-14-10-8-6-4-2/h17,19-25H,3-16,18H2,1-2H3/b23-17-. The summed E-state index contributed by atoms with van der Waals surface area (Å²) in [5.41, 5.74) is 2.26. The molecule has 1 heterocycles. The predicted octanol–water partition coefficient (Wildman–Crippen LogP) is 9.08. The Labute approximate surface area is 196 Å². The van der Waals surface area contributed by atoms with Crippen LogP contribution >= 0.6 is 0 Å². The number of unbranched alkanes of at least 4 members (excludes halogenated alkanes) is 12. The summed E-state index contributed by atoms with van der Waals surface area (Å²) >= 11 is 0. The number of nitrogens with zero attached hydrogens (tertiary/aromatic N) is 2. The highest BCUT2D eigenvalue weighted by atomic mass is 16.5. The summed E-state index contributed by atoms with van der Waals surface area (Å²) in [6.45, 7) is 4.52. The van der Waals surface area contributed by atoms with Crippen molar-refractivity contribution >= 4 is 0 Å². The lowest BCUT2D eigenvalue weighted by atomic mass is 10.1. The van der Waals surface area contributed by atoms with E-state index < -0.39 is 0 Å². The second kappa shape index (κ2) is 17.4. The largest absolute Gasteiger partial charge is 0.465 e. The molecule has 0 aliphatic carbocycles. The van der Waals surface area contributed by atoms with Crippen molar-refractivity contribution in [3.05, 3.63) is 54.6 Å². The van der Waals surface area contributed by atoms with Gasteiger partial charge >= 0.3 is 0 Å². The number of benzene rings is 1. The smallest absolute Gasteiger partial charge is 0.159 e. The highest BCUT2D eigenvalue weighted by Gasteiger charge is 2.03. The summed E-state index contributed by atoms with van der Waals surface area (Å²) in [5.74, 6) is 1.63. The number of aromatic nitrogens is 2. The van der Waals surface area contributed by atoms with Crippen LogP contribution in [0.15, 0.2) is 49.0 Å². The van der Waals surface area contributed by atoms with Gasteiger partial charge in [-0.3, -0.25) is 0 Å². The van der Waals surface area contributed by atoms with Gasteiger partial charge in [0.15, 0.2) is 5.82 Å². The fourth-order valence-electron chi connectivity index (χ4n) is 3.84. The van der Waals surface area contributed by atoms with E-state index in [4.69, 9.17) is 4.74 Å². The van der Waals surface area contributed by atoms with Gasteiger partial charge in [-0.25, -0.2) is 9.97 Å². The van der Waals surface area contributed by atoms with Crippen molar-refractivity contribution in [2.75, 3.05) is 0 Å². The summed E-state index contributed by atoms with van der Waals surface area (Å²) in [6, 6.07) is 8.03. The van der Waals surface area contributed by atoms with Crippen LogP contribution < -0.4 is 4.74 Å². The van der Waals surface area contributed by atoms with Crippen LogP contribution in [0.25, 0.3) is 11.4 Å². The molecule has 3 nitrogen and oxygen atoms in total. The molecule has 0 atom stereocenters. The van der Waals surface area contributed by atoms with Gasteiger partial charge in [0, 0.05) is 18.0 Å². The second-order valence-corrected chi connectivity index (χ2v) is 8.86. The molecule has 0 radical (unpaired) electrons. The van der Waals surface area contributed by atoms with Crippen LogP contribution in [-0.4, -0.2) is 9.97 Å². The first-order chi connectivity index (χ1) is 15.8. The van der Waals surface area contributed by atoms with E-state index in [1.54, 1.807) is 0 Å². The van der Waals surface area contributed by atoms with Crippen molar-refractivity contribution in [1.82, 2.24) is 9.97 Å². The van der Waals surface area contributed by atoms with Crippen LogP contribution in [0.5, 0.6) is 5.75 Å². The predicted molar refractivity (Wildman–Crippen MR) is 137 cm³/mol. The first kappa shape index (κ1) is 26.1. The lowest BCUT2D eigenvalue weighted by Gasteiger charge is -2.05. The van der Waals surface area contributed by atoms with E-state index >= 15 is 0 Å². The monoisotopic (exact) mass is 436 g/mol. The topological polar surface area (TPSA) is 35.0 Å². The Morgan fingerprint density at radius 1 is 0.688 bits per heavy atom. The second-order valence-electron chi connectivity index (χ2n) is 8.86. The van der Waals surface area contributed by atoms with Gasteiger partial charge in [0.25, 0.3) is 0 Å². The Morgan fingerprint density at radius 3 is 1.88 bits per heavy atom. The molecule has 2 rings (SSSR count). The fourth-order valence-corrected chi connectivity index (χ4v) is 3.84. The van der Waals surface area contributed by atoms with Crippen molar-refractivity contribution in [1.29, 1.82) is 0 Å². The quantitative estimate of drug-likeness (QED) is 0.173. The van der Waals surface area contributed by atoms with Crippen LogP contribution in [0.2, 0.25) is 0 Å². The van der Waals surface area contributed by atoms with Crippen molar-refractivity contribution < 1.29 is 4.74 Å². The minimum absolute atomic E-state index is 0.776. The van der Waals surface area contributed by atoms with Crippen molar-refractivity contribution in [2.24, 2.45) is 0 Å². The van der Waals surface area contributed by atoms with Crippen molar-refractivity contribution in [3.63, 3.8) is 0 Å². The zero-order valence-corrected chi connectivity index (χ0v) is 20.5. The van der Waals surface area contributed by atoms with Gasteiger partial charge in [0.05, 0.1) is 6.26 Å². The normalized spacial score (nSPS) is 11.3. The Bertz CT molecular complexity index is 722. The number of allylic oxidation sites excluding steroid dienone is 1. The summed E-state index contributed by atoms with van der Waals surface area (Å²) in [4.78, 5) is 9.14. The number of hydrogen-bond acceptors (Lipinski definition) is 3. The molecule has 0 saturated carbocycles. The zero-order chi connectivity index (χ0) is 22.7. The molecule has 0 saturated heterocycles. The number of rotatable bonds is 18. The molecule has 0 N–H and O–H groups in total. The average molecular weight is 437 g/mol. The summed E-state index contributed by atoms with van der Waals surface area (Å²) in [5, 5.41) is 0. The van der Waals surface area contributed by atoms with Crippen LogP contribution in [0, 0.1) is 0 Å². The minimum atomic E-state index is 0.776. The number of ether oxygens (including phenoxy) is 1. The van der Waals surface area contributed by atoms with Gasteiger partial charge in [-0.15, -0.1) is 0 Å². The third-order valence-electron chi connectivity index (χ3n) is 5.91. The van der Waals surface area contributed by atoms with Crippen LogP contribution in [-0.2, 0) is 6.42 Å².